The third-order valence-corrected chi connectivity index (χ3v) is 6.95. The lowest BCUT2D eigenvalue weighted by Gasteiger charge is -2.36. The first-order chi connectivity index (χ1) is 14.1. The molecule has 1 aliphatic carbocycles. The van der Waals surface area contributed by atoms with Gasteiger partial charge in [0, 0.05) is 24.0 Å². The van der Waals surface area contributed by atoms with Gasteiger partial charge in [-0.05, 0) is 25.0 Å². The third-order valence-electron chi connectivity index (χ3n) is 5.71. The second-order valence-corrected chi connectivity index (χ2v) is 8.88. The number of para-hydroxylation sites is 1. The van der Waals surface area contributed by atoms with Gasteiger partial charge in [-0.1, -0.05) is 31.4 Å². The van der Waals surface area contributed by atoms with Crippen LogP contribution in [0.25, 0.3) is 0 Å². The first-order valence-corrected chi connectivity index (χ1v) is 11.2. The van der Waals surface area contributed by atoms with Gasteiger partial charge in [0.05, 0.1) is 18.9 Å². The molecule has 4 rings (SSSR count). The van der Waals surface area contributed by atoms with Crippen LogP contribution in [-0.2, 0) is 19.1 Å². The summed E-state index contributed by atoms with van der Waals surface area (Å²) in [4.78, 5) is 43.0. The fourth-order valence-corrected chi connectivity index (χ4v) is 5.34. The highest BCUT2D eigenvalue weighted by molar-refractivity contribution is 8.01. The Morgan fingerprint density at radius 1 is 1.10 bits per heavy atom. The number of nitrogens with one attached hydrogen (secondary N) is 1. The molecule has 0 bridgehead atoms. The van der Waals surface area contributed by atoms with E-state index in [1.165, 1.54) is 23.1 Å². The zero-order valence-electron chi connectivity index (χ0n) is 16.5. The van der Waals surface area contributed by atoms with Crippen LogP contribution in [0.3, 0.4) is 0 Å². The molecule has 3 aliphatic rings. The SMILES string of the molecule is O=C(CN1C(=O)C(C(=O)N2CCOCC2)Sc2ccccc21)NC1CCCCC1. The second-order valence-electron chi connectivity index (χ2n) is 7.73. The van der Waals surface area contributed by atoms with Crippen LogP contribution < -0.4 is 10.2 Å². The molecule has 1 unspecified atom stereocenters. The molecular formula is C21H27N3O4S. The van der Waals surface area contributed by atoms with E-state index in [4.69, 9.17) is 4.74 Å². The standard InChI is InChI=1S/C21H27N3O4S/c25-18(22-15-6-2-1-3-7-15)14-24-16-8-4-5-9-17(16)29-19(21(24)27)20(26)23-10-12-28-13-11-23/h4-5,8-9,15,19H,1-3,6-7,10-14H2,(H,22,25). The van der Waals surface area contributed by atoms with Gasteiger partial charge >= 0.3 is 0 Å². The van der Waals surface area contributed by atoms with E-state index in [1.54, 1.807) is 4.90 Å². The Kier molecular flexibility index (Phi) is 6.40. The summed E-state index contributed by atoms with van der Waals surface area (Å²) >= 11 is 1.28. The molecule has 2 aliphatic heterocycles. The zero-order chi connectivity index (χ0) is 20.2. The van der Waals surface area contributed by atoms with Gasteiger partial charge in [0.15, 0.2) is 5.25 Å². The number of amides is 3. The number of fused-ring (bicyclic) bond motifs is 1. The summed E-state index contributed by atoms with van der Waals surface area (Å²) in [5.41, 5.74) is 0.701. The molecule has 0 radical (unpaired) electrons. The van der Waals surface area contributed by atoms with Crippen LogP contribution in [-0.4, -0.2) is 66.8 Å². The minimum absolute atomic E-state index is 0.0558. The summed E-state index contributed by atoms with van der Waals surface area (Å²) in [6.07, 6.45) is 5.45. The number of hydrogen-bond acceptors (Lipinski definition) is 5. The number of hydrogen-bond donors (Lipinski definition) is 1. The van der Waals surface area contributed by atoms with Gasteiger partial charge < -0.3 is 19.9 Å². The van der Waals surface area contributed by atoms with Crippen molar-refractivity contribution in [2.24, 2.45) is 0 Å². The van der Waals surface area contributed by atoms with Crippen molar-refractivity contribution < 1.29 is 19.1 Å². The van der Waals surface area contributed by atoms with E-state index < -0.39 is 5.25 Å². The summed E-state index contributed by atoms with van der Waals surface area (Å²) in [5.74, 6) is -0.677. The number of ether oxygens (including phenoxy) is 1. The highest BCUT2D eigenvalue weighted by Crippen LogP contribution is 2.39. The van der Waals surface area contributed by atoms with Crippen molar-refractivity contribution in [3.8, 4) is 0 Å². The average molecular weight is 418 g/mol. The lowest BCUT2D eigenvalue weighted by Crippen LogP contribution is -2.54. The Labute approximate surface area is 175 Å². The van der Waals surface area contributed by atoms with Gasteiger partial charge in [0.2, 0.25) is 11.8 Å². The van der Waals surface area contributed by atoms with E-state index in [2.05, 4.69) is 5.32 Å². The van der Waals surface area contributed by atoms with Gasteiger partial charge in [-0.2, -0.15) is 0 Å². The number of anilines is 1. The number of thioether (sulfide) groups is 1. The minimum atomic E-state index is -0.856. The molecule has 1 aromatic rings. The van der Waals surface area contributed by atoms with Crippen molar-refractivity contribution in [2.75, 3.05) is 37.7 Å². The Morgan fingerprint density at radius 2 is 1.83 bits per heavy atom. The summed E-state index contributed by atoms with van der Waals surface area (Å²) in [6.45, 7) is 1.91. The van der Waals surface area contributed by atoms with E-state index in [9.17, 15) is 14.4 Å². The Hall–Kier alpha value is -2.06. The summed E-state index contributed by atoms with van der Waals surface area (Å²) in [5, 5.41) is 2.22. The lowest BCUT2D eigenvalue weighted by atomic mass is 9.95. The van der Waals surface area contributed by atoms with Crippen molar-refractivity contribution >= 4 is 35.2 Å². The van der Waals surface area contributed by atoms with Crippen LogP contribution in [0.5, 0.6) is 0 Å². The number of rotatable bonds is 4. The fourth-order valence-electron chi connectivity index (χ4n) is 4.15. The summed E-state index contributed by atoms with van der Waals surface area (Å²) < 4.78 is 5.32. The molecule has 29 heavy (non-hydrogen) atoms. The van der Waals surface area contributed by atoms with Crippen molar-refractivity contribution in [3.63, 3.8) is 0 Å². The highest BCUT2D eigenvalue weighted by atomic mass is 32.2. The Morgan fingerprint density at radius 3 is 2.59 bits per heavy atom. The van der Waals surface area contributed by atoms with E-state index in [1.807, 2.05) is 24.3 Å². The first-order valence-electron chi connectivity index (χ1n) is 10.4. The third kappa shape index (κ3) is 4.59. The molecule has 2 heterocycles. The van der Waals surface area contributed by atoms with Crippen LogP contribution >= 0.6 is 11.8 Å². The van der Waals surface area contributed by atoms with Crippen LogP contribution in [0.4, 0.5) is 5.69 Å². The molecule has 3 amide bonds. The quantitative estimate of drug-likeness (QED) is 0.756. The Balaban J connectivity index is 1.50. The number of carbonyl (C=O) groups is 3. The average Bonchev–Trinajstić information content (AvgIpc) is 2.76. The molecule has 7 nitrogen and oxygen atoms in total. The van der Waals surface area contributed by atoms with Gasteiger partial charge in [0.1, 0.15) is 6.54 Å². The molecule has 1 N–H and O–H groups in total. The maximum Gasteiger partial charge on any atom is 0.250 e. The monoisotopic (exact) mass is 417 g/mol. The van der Waals surface area contributed by atoms with Crippen LogP contribution in [0, 0.1) is 0 Å². The molecule has 2 fully saturated rings. The maximum atomic E-state index is 13.2. The summed E-state index contributed by atoms with van der Waals surface area (Å²) in [6, 6.07) is 7.66. The highest BCUT2D eigenvalue weighted by Gasteiger charge is 2.41. The fraction of sp³-hybridized carbons (Fsp3) is 0.571. The molecule has 0 spiro atoms. The number of benzene rings is 1. The van der Waals surface area contributed by atoms with E-state index >= 15 is 0 Å². The minimum Gasteiger partial charge on any atom is -0.378 e. The Bertz CT molecular complexity index is 775. The number of morpholine rings is 1. The molecular weight excluding hydrogens is 390 g/mol. The normalized spacial score (nSPS) is 22.9. The molecule has 1 saturated carbocycles. The molecule has 1 atom stereocenters. The van der Waals surface area contributed by atoms with Gasteiger partial charge in [0.25, 0.3) is 5.91 Å². The lowest BCUT2D eigenvalue weighted by molar-refractivity contribution is -0.138. The first kappa shape index (κ1) is 20.2. The molecule has 1 aromatic carbocycles. The van der Waals surface area contributed by atoms with Crippen molar-refractivity contribution in [1.29, 1.82) is 0 Å². The van der Waals surface area contributed by atoms with Gasteiger partial charge in [-0.25, -0.2) is 0 Å². The van der Waals surface area contributed by atoms with Crippen LogP contribution in [0.15, 0.2) is 29.2 Å². The zero-order valence-corrected chi connectivity index (χ0v) is 17.3. The smallest absolute Gasteiger partial charge is 0.250 e. The van der Waals surface area contributed by atoms with Crippen molar-refractivity contribution in [1.82, 2.24) is 10.2 Å². The second kappa shape index (κ2) is 9.17. The van der Waals surface area contributed by atoms with E-state index in [0.717, 1.165) is 30.6 Å². The topological polar surface area (TPSA) is 79.0 Å². The molecule has 8 heteroatoms. The largest absolute Gasteiger partial charge is 0.378 e. The van der Waals surface area contributed by atoms with Crippen LogP contribution in [0.1, 0.15) is 32.1 Å². The predicted molar refractivity (Wildman–Crippen MR) is 111 cm³/mol. The van der Waals surface area contributed by atoms with Crippen LogP contribution in [0.2, 0.25) is 0 Å². The van der Waals surface area contributed by atoms with E-state index in [0.29, 0.717) is 32.0 Å². The molecule has 156 valence electrons. The van der Waals surface area contributed by atoms with E-state index in [-0.39, 0.29) is 30.3 Å². The number of carbonyl (C=O) groups excluding carboxylic acids is 3. The number of nitrogens with zero attached hydrogens (tertiary/aromatic N) is 2. The molecule has 0 aromatic heterocycles. The van der Waals surface area contributed by atoms with Gasteiger partial charge in [-0.15, -0.1) is 11.8 Å². The predicted octanol–water partition coefficient (Wildman–Crippen LogP) is 1.80. The van der Waals surface area contributed by atoms with Crippen molar-refractivity contribution in [3.05, 3.63) is 24.3 Å². The maximum absolute atomic E-state index is 13.2. The summed E-state index contributed by atoms with van der Waals surface area (Å²) in [7, 11) is 0. The van der Waals surface area contributed by atoms with Gasteiger partial charge in [-0.3, -0.25) is 14.4 Å². The molecule has 1 saturated heterocycles. The van der Waals surface area contributed by atoms with Crippen molar-refractivity contribution in [2.45, 2.75) is 48.3 Å².